The monoisotopic (exact) mass is 351 g/mol. The first kappa shape index (κ1) is 15.5. The minimum atomic E-state index is -0.558. The van der Waals surface area contributed by atoms with Crippen LogP contribution in [0.3, 0.4) is 0 Å². The second kappa shape index (κ2) is 6.24. The Kier molecular flexibility index (Phi) is 4.59. The largest absolute Gasteiger partial charge is 0.456 e. The maximum absolute atomic E-state index is 10.8. The van der Waals surface area contributed by atoms with Gasteiger partial charge in [0.25, 0.3) is 5.69 Å². The number of hydrogen-bond acceptors (Lipinski definition) is 4. The number of nitro groups is 1. The smallest absolute Gasteiger partial charge is 0.272 e. The molecule has 0 fully saturated rings. The molecule has 0 saturated carbocycles. The summed E-state index contributed by atoms with van der Waals surface area (Å²) in [4.78, 5) is 10.4. The van der Waals surface area contributed by atoms with E-state index < -0.39 is 11.0 Å². The van der Waals surface area contributed by atoms with Crippen LogP contribution >= 0.6 is 15.9 Å². The SMILES string of the molecule is Cc1cc(Oc2ccc([C@@H](C)O)cc2Br)ccc1[N+](=O)[O-]. The Bertz CT molecular complexity index is 685. The summed E-state index contributed by atoms with van der Waals surface area (Å²) < 4.78 is 6.41. The predicted molar refractivity (Wildman–Crippen MR) is 82.7 cm³/mol. The second-order valence-corrected chi connectivity index (χ2v) is 5.53. The summed E-state index contributed by atoms with van der Waals surface area (Å²) in [5, 5.41) is 20.3. The maximum Gasteiger partial charge on any atom is 0.272 e. The van der Waals surface area contributed by atoms with Crippen LogP contribution in [0.2, 0.25) is 0 Å². The molecule has 2 rings (SSSR count). The molecule has 2 aromatic rings. The van der Waals surface area contributed by atoms with E-state index in [0.717, 1.165) is 5.56 Å². The van der Waals surface area contributed by atoms with E-state index in [4.69, 9.17) is 4.74 Å². The summed E-state index contributed by atoms with van der Waals surface area (Å²) in [5.74, 6) is 1.09. The Labute approximate surface area is 130 Å². The predicted octanol–water partition coefficient (Wildman–Crippen LogP) is 4.51. The average molecular weight is 352 g/mol. The average Bonchev–Trinajstić information content (AvgIpc) is 2.40. The molecule has 0 aliphatic carbocycles. The number of rotatable bonds is 4. The molecule has 0 saturated heterocycles. The van der Waals surface area contributed by atoms with Crippen molar-refractivity contribution in [3.63, 3.8) is 0 Å². The Morgan fingerprint density at radius 1 is 1.29 bits per heavy atom. The fourth-order valence-electron chi connectivity index (χ4n) is 1.88. The van der Waals surface area contributed by atoms with E-state index in [1.807, 2.05) is 0 Å². The van der Waals surface area contributed by atoms with Gasteiger partial charge in [-0.15, -0.1) is 0 Å². The lowest BCUT2D eigenvalue weighted by molar-refractivity contribution is -0.385. The van der Waals surface area contributed by atoms with Crippen molar-refractivity contribution in [2.45, 2.75) is 20.0 Å². The number of nitro benzene ring substituents is 1. The quantitative estimate of drug-likeness (QED) is 0.649. The summed E-state index contributed by atoms with van der Waals surface area (Å²) in [6.45, 7) is 3.35. The van der Waals surface area contributed by atoms with Crippen LogP contribution in [0.25, 0.3) is 0 Å². The third-order valence-electron chi connectivity index (χ3n) is 3.03. The number of aryl methyl sites for hydroxylation is 1. The zero-order chi connectivity index (χ0) is 15.6. The molecule has 0 unspecified atom stereocenters. The van der Waals surface area contributed by atoms with Gasteiger partial charge in [-0.2, -0.15) is 0 Å². The first-order valence-electron chi connectivity index (χ1n) is 6.29. The number of benzene rings is 2. The molecule has 0 bridgehead atoms. The summed E-state index contributed by atoms with van der Waals surface area (Å²) >= 11 is 3.38. The molecular formula is C15H14BrNO4. The van der Waals surface area contributed by atoms with Crippen molar-refractivity contribution >= 4 is 21.6 Å². The Morgan fingerprint density at radius 2 is 2.00 bits per heavy atom. The van der Waals surface area contributed by atoms with Gasteiger partial charge in [0, 0.05) is 11.6 Å². The molecule has 0 radical (unpaired) electrons. The molecule has 0 aliphatic rings. The van der Waals surface area contributed by atoms with Gasteiger partial charge in [0.1, 0.15) is 11.5 Å². The minimum absolute atomic E-state index is 0.0610. The van der Waals surface area contributed by atoms with Gasteiger partial charge in [0.2, 0.25) is 0 Å². The van der Waals surface area contributed by atoms with Crippen LogP contribution in [-0.4, -0.2) is 10.0 Å². The molecule has 21 heavy (non-hydrogen) atoms. The lowest BCUT2D eigenvalue weighted by Crippen LogP contribution is -1.94. The van der Waals surface area contributed by atoms with Gasteiger partial charge in [-0.25, -0.2) is 0 Å². The maximum atomic E-state index is 10.8. The van der Waals surface area contributed by atoms with Gasteiger partial charge < -0.3 is 9.84 Å². The highest BCUT2D eigenvalue weighted by Crippen LogP contribution is 2.33. The van der Waals surface area contributed by atoms with E-state index >= 15 is 0 Å². The molecule has 0 amide bonds. The topological polar surface area (TPSA) is 72.6 Å². The van der Waals surface area contributed by atoms with Crippen LogP contribution in [0.4, 0.5) is 5.69 Å². The normalized spacial score (nSPS) is 12.0. The lowest BCUT2D eigenvalue weighted by atomic mass is 10.1. The van der Waals surface area contributed by atoms with Gasteiger partial charge in [-0.05, 0) is 59.6 Å². The van der Waals surface area contributed by atoms with Gasteiger partial charge >= 0.3 is 0 Å². The highest BCUT2D eigenvalue weighted by atomic mass is 79.9. The summed E-state index contributed by atoms with van der Waals surface area (Å²) in [7, 11) is 0. The second-order valence-electron chi connectivity index (χ2n) is 4.67. The highest BCUT2D eigenvalue weighted by Gasteiger charge is 2.12. The molecule has 110 valence electrons. The van der Waals surface area contributed by atoms with E-state index in [2.05, 4.69) is 15.9 Å². The number of hydrogen-bond donors (Lipinski definition) is 1. The zero-order valence-corrected chi connectivity index (χ0v) is 13.1. The lowest BCUT2D eigenvalue weighted by Gasteiger charge is -2.11. The molecule has 0 aromatic heterocycles. The molecule has 0 aliphatic heterocycles. The molecule has 1 N–H and O–H groups in total. The van der Waals surface area contributed by atoms with Crippen LogP contribution in [0.1, 0.15) is 24.2 Å². The zero-order valence-electron chi connectivity index (χ0n) is 11.5. The molecule has 2 aromatic carbocycles. The third kappa shape index (κ3) is 3.59. The Hall–Kier alpha value is -1.92. The fraction of sp³-hybridized carbons (Fsp3) is 0.200. The first-order chi connectivity index (χ1) is 9.88. The van der Waals surface area contributed by atoms with Gasteiger partial charge in [-0.3, -0.25) is 10.1 Å². The van der Waals surface area contributed by atoms with Crippen LogP contribution in [0.5, 0.6) is 11.5 Å². The number of aliphatic hydroxyl groups excluding tert-OH is 1. The van der Waals surface area contributed by atoms with E-state index in [-0.39, 0.29) is 5.69 Å². The number of halogens is 1. The summed E-state index contributed by atoms with van der Waals surface area (Å²) in [6.07, 6.45) is -0.558. The molecule has 0 heterocycles. The Morgan fingerprint density at radius 3 is 2.52 bits per heavy atom. The molecule has 5 nitrogen and oxygen atoms in total. The van der Waals surface area contributed by atoms with Crippen LogP contribution in [0, 0.1) is 17.0 Å². The minimum Gasteiger partial charge on any atom is -0.456 e. The fourth-order valence-corrected chi connectivity index (χ4v) is 2.36. The molecule has 1 atom stereocenters. The number of nitrogens with zero attached hydrogens (tertiary/aromatic N) is 1. The summed E-state index contributed by atoms with van der Waals surface area (Å²) in [6, 6.07) is 9.88. The molecular weight excluding hydrogens is 338 g/mol. The Balaban J connectivity index is 2.26. The van der Waals surface area contributed by atoms with Crippen molar-refractivity contribution in [2.75, 3.05) is 0 Å². The van der Waals surface area contributed by atoms with E-state index in [1.165, 1.54) is 6.07 Å². The van der Waals surface area contributed by atoms with Crippen molar-refractivity contribution < 1.29 is 14.8 Å². The first-order valence-corrected chi connectivity index (χ1v) is 7.08. The van der Waals surface area contributed by atoms with E-state index in [1.54, 1.807) is 44.2 Å². The number of ether oxygens (including phenoxy) is 1. The van der Waals surface area contributed by atoms with Crippen molar-refractivity contribution in [3.05, 3.63) is 62.1 Å². The van der Waals surface area contributed by atoms with Gasteiger partial charge in [0.05, 0.1) is 15.5 Å². The molecule has 0 spiro atoms. The van der Waals surface area contributed by atoms with Gasteiger partial charge in [0.15, 0.2) is 0 Å². The number of aliphatic hydroxyl groups is 1. The van der Waals surface area contributed by atoms with E-state index in [0.29, 0.717) is 21.5 Å². The van der Waals surface area contributed by atoms with Crippen LogP contribution in [0.15, 0.2) is 40.9 Å². The van der Waals surface area contributed by atoms with E-state index in [9.17, 15) is 15.2 Å². The van der Waals surface area contributed by atoms with Crippen molar-refractivity contribution in [2.24, 2.45) is 0 Å². The van der Waals surface area contributed by atoms with Crippen LogP contribution < -0.4 is 4.74 Å². The van der Waals surface area contributed by atoms with Crippen molar-refractivity contribution in [1.29, 1.82) is 0 Å². The van der Waals surface area contributed by atoms with Crippen LogP contribution in [-0.2, 0) is 0 Å². The van der Waals surface area contributed by atoms with Crippen molar-refractivity contribution in [1.82, 2.24) is 0 Å². The summed E-state index contributed by atoms with van der Waals surface area (Å²) in [5.41, 5.74) is 1.37. The highest BCUT2D eigenvalue weighted by molar-refractivity contribution is 9.10. The standard InChI is InChI=1S/C15H14BrNO4/c1-9-7-12(4-5-14(9)17(19)20)21-15-6-3-11(10(2)18)8-13(15)16/h3-8,10,18H,1-2H3/t10-/m1/s1. The van der Waals surface area contributed by atoms with Gasteiger partial charge in [-0.1, -0.05) is 6.07 Å². The molecule has 6 heteroatoms. The third-order valence-corrected chi connectivity index (χ3v) is 3.65. The van der Waals surface area contributed by atoms with Crippen molar-refractivity contribution in [3.8, 4) is 11.5 Å².